The number of benzene rings is 2. The molecule has 0 aliphatic heterocycles. The number of hydrogen-bond acceptors (Lipinski definition) is 4. The Morgan fingerprint density at radius 1 is 1.19 bits per heavy atom. The van der Waals surface area contributed by atoms with E-state index in [1.807, 2.05) is 12.1 Å². The van der Waals surface area contributed by atoms with Crippen LogP contribution in [0, 0.1) is 0 Å². The zero-order valence-electron chi connectivity index (χ0n) is 12.8. The van der Waals surface area contributed by atoms with Gasteiger partial charge in [-0.3, -0.25) is 4.72 Å². The number of alkyl halides is 3. The van der Waals surface area contributed by atoms with E-state index in [4.69, 9.17) is 16.4 Å². The molecule has 2 aromatic carbocycles. The summed E-state index contributed by atoms with van der Waals surface area (Å²) in [5.74, 6) is 0. The minimum absolute atomic E-state index is 0.0149. The molecule has 0 aliphatic rings. The van der Waals surface area contributed by atoms with Crippen molar-refractivity contribution in [3.8, 4) is 0 Å². The first-order valence-electron chi connectivity index (χ1n) is 6.87. The molecule has 0 aromatic heterocycles. The monoisotopic (exact) mass is 470 g/mol. The number of sulfonamides is 1. The number of rotatable bonds is 6. The summed E-state index contributed by atoms with van der Waals surface area (Å²) in [6, 6.07) is 10.8. The molecule has 2 rings (SSSR count). The average Bonchev–Trinajstić information content (AvgIpc) is 2.54. The fourth-order valence-electron chi connectivity index (χ4n) is 1.72. The fraction of sp³-hybridized carbons (Fsp3) is 0.133. The van der Waals surface area contributed by atoms with E-state index in [2.05, 4.69) is 21.1 Å². The molecule has 2 aromatic rings. The summed E-state index contributed by atoms with van der Waals surface area (Å²) >= 11 is 9.09. The predicted octanol–water partition coefficient (Wildman–Crippen LogP) is 4.91. The highest BCUT2D eigenvalue weighted by molar-refractivity contribution is 9.10. The number of anilines is 1. The molecule has 140 valence electrons. The van der Waals surface area contributed by atoms with Crippen LogP contribution in [0.1, 0.15) is 11.1 Å². The standard InChI is InChI=1S/C15H11BrClF3N2O3S/c16-12-3-1-10(2-4-12)9-25-21-8-11-7-13(17)5-6-14(11)22-26(23,24)15(18,19)20/h1-8,22H,9H2/b21-8+. The van der Waals surface area contributed by atoms with Gasteiger partial charge in [-0.1, -0.05) is 44.8 Å². The Kier molecular flexibility index (Phi) is 6.53. The highest BCUT2D eigenvalue weighted by Gasteiger charge is 2.46. The summed E-state index contributed by atoms with van der Waals surface area (Å²) < 4.78 is 62.4. The van der Waals surface area contributed by atoms with Gasteiger partial charge >= 0.3 is 15.5 Å². The van der Waals surface area contributed by atoms with Crippen molar-refractivity contribution in [3.63, 3.8) is 0 Å². The van der Waals surface area contributed by atoms with E-state index in [-0.39, 0.29) is 22.9 Å². The van der Waals surface area contributed by atoms with Crippen molar-refractivity contribution in [3.05, 3.63) is 63.1 Å². The van der Waals surface area contributed by atoms with Crippen LogP contribution in [-0.2, 0) is 21.5 Å². The minimum atomic E-state index is -5.56. The molecule has 0 heterocycles. The van der Waals surface area contributed by atoms with Crippen LogP contribution < -0.4 is 4.72 Å². The van der Waals surface area contributed by atoms with Crippen molar-refractivity contribution in [2.75, 3.05) is 4.72 Å². The van der Waals surface area contributed by atoms with Crippen molar-refractivity contribution in [1.82, 2.24) is 0 Å². The molecule has 26 heavy (non-hydrogen) atoms. The quantitative estimate of drug-likeness (QED) is 0.481. The van der Waals surface area contributed by atoms with Gasteiger partial charge < -0.3 is 4.84 Å². The maximum Gasteiger partial charge on any atom is 0.516 e. The Morgan fingerprint density at radius 3 is 2.46 bits per heavy atom. The first-order chi connectivity index (χ1) is 12.1. The molecule has 0 fully saturated rings. The molecule has 0 radical (unpaired) electrons. The molecular weight excluding hydrogens is 461 g/mol. The topological polar surface area (TPSA) is 67.8 Å². The minimum Gasteiger partial charge on any atom is -0.391 e. The summed E-state index contributed by atoms with van der Waals surface area (Å²) in [6.45, 7) is 0.119. The molecule has 0 amide bonds. The fourth-order valence-corrected chi connectivity index (χ4v) is 2.76. The van der Waals surface area contributed by atoms with E-state index < -0.39 is 15.5 Å². The molecule has 0 saturated carbocycles. The molecule has 0 unspecified atom stereocenters. The van der Waals surface area contributed by atoms with Crippen LogP contribution in [0.15, 0.2) is 52.1 Å². The molecule has 5 nitrogen and oxygen atoms in total. The Hall–Kier alpha value is -1.78. The summed E-state index contributed by atoms with van der Waals surface area (Å²) in [6.07, 6.45) is 1.07. The van der Waals surface area contributed by atoms with Gasteiger partial charge in [-0.15, -0.1) is 0 Å². The van der Waals surface area contributed by atoms with Gasteiger partial charge in [0.05, 0.1) is 11.9 Å². The van der Waals surface area contributed by atoms with Crippen LogP contribution in [-0.4, -0.2) is 20.1 Å². The second-order valence-electron chi connectivity index (χ2n) is 4.92. The lowest BCUT2D eigenvalue weighted by atomic mass is 10.2. The summed E-state index contributed by atoms with van der Waals surface area (Å²) in [5.41, 5.74) is -4.95. The first-order valence-corrected chi connectivity index (χ1v) is 9.52. The van der Waals surface area contributed by atoms with E-state index in [1.54, 1.807) is 12.1 Å². The predicted molar refractivity (Wildman–Crippen MR) is 96.6 cm³/mol. The second-order valence-corrected chi connectivity index (χ2v) is 7.94. The maximum atomic E-state index is 12.5. The molecule has 0 atom stereocenters. The summed E-state index contributed by atoms with van der Waals surface area (Å²) in [7, 11) is -5.56. The first kappa shape index (κ1) is 20.5. The highest BCUT2D eigenvalue weighted by Crippen LogP contribution is 2.27. The van der Waals surface area contributed by atoms with Crippen molar-refractivity contribution in [2.24, 2.45) is 5.16 Å². The average molecular weight is 472 g/mol. The van der Waals surface area contributed by atoms with Crippen molar-refractivity contribution >= 4 is 49.5 Å². The van der Waals surface area contributed by atoms with Crippen LogP contribution >= 0.6 is 27.5 Å². The zero-order chi connectivity index (χ0) is 19.4. The van der Waals surface area contributed by atoms with E-state index in [0.717, 1.165) is 22.3 Å². The Balaban J connectivity index is 2.13. The third-order valence-electron chi connectivity index (χ3n) is 2.97. The van der Waals surface area contributed by atoms with Crippen molar-refractivity contribution in [1.29, 1.82) is 0 Å². The Morgan fingerprint density at radius 2 is 1.85 bits per heavy atom. The molecule has 0 spiro atoms. The molecule has 0 saturated heterocycles. The number of hydrogen-bond donors (Lipinski definition) is 1. The van der Waals surface area contributed by atoms with Gasteiger partial charge in [0.2, 0.25) is 0 Å². The molecular formula is C15H11BrClF3N2O3S. The van der Waals surface area contributed by atoms with E-state index in [9.17, 15) is 21.6 Å². The zero-order valence-corrected chi connectivity index (χ0v) is 16.0. The molecule has 0 aliphatic carbocycles. The van der Waals surface area contributed by atoms with Crippen LogP contribution in [0.3, 0.4) is 0 Å². The lowest BCUT2D eigenvalue weighted by Crippen LogP contribution is -2.30. The third kappa shape index (κ3) is 5.61. The molecule has 0 bridgehead atoms. The number of nitrogens with zero attached hydrogens (tertiary/aromatic N) is 1. The van der Waals surface area contributed by atoms with Crippen LogP contribution in [0.5, 0.6) is 0 Å². The van der Waals surface area contributed by atoms with Gasteiger partial charge in [0.1, 0.15) is 6.61 Å². The Labute approximate surface area is 161 Å². The number of nitrogens with one attached hydrogen (secondary N) is 1. The maximum absolute atomic E-state index is 12.5. The highest BCUT2D eigenvalue weighted by atomic mass is 79.9. The van der Waals surface area contributed by atoms with Gasteiger partial charge in [0, 0.05) is 15.1 Å². The van der Waals surface area contributed by atoms with Gasteiger partial charge in [-0.25, -0.2) is 0 Å². The molecule has 11 heteroatoms. The van der Waals surface area contributed by atoms with Crippen LogP contribution in [0.2, 0.25) is 5.02 Å². The van der Waals surface area contributed by atoms with Crippen LogP contribution in [0.4, 0.5) is 18.9 Å². The lowest BCUT2D eigenvalue weighted by molar-refractivity contribution is -0.0429. The lowest BCUT2D eigenvalue weighted by Gasteiger charge is -2.12. The van der Waals surface area contributed by atoms with Crippen LogP contribution in [0.25, 0.3) is 0 Å². The molecule has 1 N–H and O–H groups in total. The van der Waals surface area contributed by atoms with Gasteiger partial charge in [0.15, 0.2) is 0 Å². The van der Waals surface area contributed by atoms with Gasteiger partial charge in [-0.2, -0.15) is 21.6 Å². The normalized spacial score (nSPS) is 12.3. The second kappa shape index (κ2) is 8.28. The van der Waals surface area contributed by atoms with Gasteiger partial charge in [0.25, 0.3) is 0 Å². The summed E-state index contributed by atoms with van der Waals surface area (Å²) in [5, 5.41) is 3.83. The summed E-state index contributed by atoms with van der Waals surface area (Å²) in [4.78, 5) is 5.07. The SMILES string of the molecule is O=S(=O)(Nc1ccc(Cl)cc1/C=N/OCc1ccc(Br)cc1)C(F)(F)F. The third-order valence-corrected chi connectivity index (χ3v) is 4.84. The largest absolute Gasteiger partial charge is 0.516 e. The van der Waals surface area contributed by atoms with E-state index in [0.29, 0.717) is 0 Å². The van der Waals surface area contributed by atoms with Gasteiger partial charge in [-0.05, 0) is 35.9 Å². The van der Waals surface area contributed by atoms with E-state index >= 15 is 0 Å². The van der Waals surface area contributed by atoms with E-state index in [1.165, 1.54) is 16.9 Å². The number of halogens is 5. The Bertz CT molecular complexity index is 903. The van der Waals surface area contributed by atoms with Crippen molar-refractivity contribution in [2.45, 2.75) is 12.1 Å². The number of oxime groups is 1. The smallest absolute Gasteiger partial charge is 0.391 e. The van der Waals surface area contributed by atoms with Crippen molar-refractivity contribution < 1.29 is 26.4 Å².